The summed E-state index contributed by atoms with van der Waals surface area (Å²) in [6, 6.07) is 28.6. The van der Waals surface area contributed by atoms with Crippen molar-refractivity contribution in [1.82, 2.24) is 10.2 Å². The summed E-state index contributed by atoms with van der Waals surface area (Å²) in [6.45, 7) is 1.36. The number of carbonyl (C=O) groups is 2. The van der Waals surface area contributed by atoms with Crippen LogP contribution >= 0.6 is 23.2 Å². The van der Waals surface area contributed by atoms with Crippen molar-refractivity contribution in [3.8, 4) is 0 Å². The SMILES string of the molecule is Cc1ccc(S(=O)(=O)N(CC(=O)N(Cc2cccc(Cl)c2)[C@H](Cc2ccccc2)C(=O)NC2CCCCC2)c2cccc(Cl)c2)cc1. The summed E-state index contributed by atoms with van der Waals surface area (Å²) in [5.74, 6) is -0.813. The Kier molecular flexibility index (Phi) is 11.6. The van der Waals surface area contributed by atoms with Crippen LogP contribution in [0.2, 0.25) is 10.0 Å². The molecule has 5 rings (SSSR count). The van der Waals surface area contributed by atoms with Crippen molar-refractivity contribution in [2.75, 3.05) is 10.8 Å². The maximum absolute atomic E-state index is 14.6. The van der Waals surface area contributed by atoms with E-state index in [1.807, 2.05) is 43.3 Å². The van der Waals surface area contributed by atoms with Gasteiger partial charge in [-0.25, -0.2) is 8.42 Å². The fourth-order valence-electron chi connectivity index (χ4n) is 5.93. The zero-order chi connectivity index (χ0) is 33.4. The number of benzene rings is 4. The zero-order valence-electron chi connectivity index (χ0n) is 26.3. The number of nitrogens with zero attached hydrogens (tertiary/aromatic N) is 2. The highest BCUT2D eigenvalue weighted by molar-refractivity contribution is 7.92. The lowest BCUT2D eigenvalue weighted by molar-refractivity contribution is -0.140. The fraction of sp³-hybridized carbons (Fsp3) is 0.297. The average molecular weight is 693 g/mol. The third-order valence-corrected chi connectivity index (χ3v) is 10.7. The Balaban J connectivity index is 1.56. The normalized spacial score (nSPS) is 14.3. The van der Waals surface area contributed by atoms with Crippen molar-refractivity contribution in [3.05, 3.63) is 130 Å². The van der Waals surface area contributed by atoms with Crippen molar-refractivity contribution in [1.29, 1.82) is 0 Å². The van der Waals surface area contributed by atoms with Gasteiger partial charge in [-0.05, 0) is 73.4 Å². The predicted molar refractivity (Wildman–Crippen MR) is 188 cm³/mol. The molecule has 1 atom stereocenters. The molecule has 0 radical (unpaired) electrons. The van der Waals surface area contributed by atoms with Crippen LogP contribution in [0.3, 0.4) is 0 Å². The molecule has 1 saturated carbocycles. The maximum atomic E-state index is 14.6. The van der Waals surface area contributed by atoms with Gasteiger partial charge in [0.05, 0.1) is 10.6 Å². The molecule has 0 aliphatic heterocycles. The molecule has 4 aromatic carbocycles. The van der Waals surface area contributed by atoms with Crippen molar-refractivity contribution >= 4 is 50.7 Å². The van der Waals surface area contributed by atoms with E-state index in [2.05, 4.69) is 5.32 Å². The highest BCUT2D eigenvalue weighted by Gasteiger charge is 2.35. The quantitative estimate of drug-likeness (QED) is 0.166. The monoisotopic (exact) mass is 691 g/mol. The van der Waals surface area contributed by atoms with Gasteiger partial charge in [0.15, 0.2) is 0 Å². The molecule has 246 valence electrons. The first-order chi connectivity index (χ1) is 22.6. The Morgan fingerprint density at radius 3 is 2.11 bits per heavy atom. The highest BCUT2D eigenvalue weighted by Crippen LogP contribution is 2.28. The van der Waals surface area contributed by atoms with Crippen LogP contribution in [0.4, 0.5) is 5.69 Å². The number of rotatable bonds is 12. The van der Waals surface area contributed by atoms with Crippen LogP contribution in [0, 0.1) is 6.92 Å². The van der Waals surface area contributed by atoms with Crippen molar-refractivity contribution in [2.45, 2.75) is 69.0 Å². The molecule has 7 nitrogen and oxygen atoms in total. The number of carbonyl (C=O) groups excluding carboxylic acids is 2. The molecule has 1 fully saturated rings. The lowest BCUT2D eigenvalue weighted by Gasteiger charge is -2.35. The Morgan fingerprint density at radius 2 is 1.45 bits per heavy atom. The minimum Gasteiger partial charge on any atom is -0.352 e. The number of amides is 2. The zero-order valence-corrected chi connectivity index (χ0v) is 28.6. The lowest BCUT2D eigenvalue weighted by atomic mass is 9.94. The number of sulfonamides is 1. The van der Waals surface area contributed by atoms with E-state index in [1.165, 1.54) is 23.1 Å². The van der Waals surface area contributed by atoms with Crippen LogP contribution in [0.1, 0.15) is 48.8 Å². The predicted octanol–water partition coefficient (Wildman–Crippen LogP) is 7.59. The number of anilines is 1. The molecule has 1 N–H and O–H groups in total. The molecule has 10 heteroatoms. The molecule has 0 spiro atoms. The number of halogens is 2. The second kappa shape index (κ2) is 15.8. The van der Waals surface area contributed by atoms with Gasteiger partial charge in [-0.3, -0.25) is 13.9 Å². The van der Waals surface area contributed by atoms with E-state index >= 15 is 0 Å². The molecular weight excluding hydrogens is 653 g/mol. The largest absolute Gasteiger partial charge is 0.352 e. The maximum Gasteiger partial charge on any atom is 0.264 e. The average Bonchev–Trinajstić information content (AvgIpc) is 3.06. The van der Waals surface area contributed by atoms with Gasteiger partial charge < -0.3 is 10.2 Å². The van der Waals surface area contributed by atoms with Crippen LogP contribution in [0.25, 0.3) is 0 Å². The standard InChI is InChI=1S/C37H39Cl2N3O4S/c1-27-18-20-34(21-19-27)47(45,46)42(33-17-9-14-31(39)24-33)26-36(43)41(25-29-12-8-13-30(38)22-29)35(23-28-10-4-2-5-11-28)37(44)40-32-15-6-3-7-16-32/h2,4-5,8-14,17-22,24,32,35H,3,6-7,15-16,23,25-26H2,1H3,(H,40,44)/t35-/m1/s1. The van der Waals surface area contributed by atoms with Gasteiger partial charge >= 0.3 is 0 Å². The molecular formula is C37H39Cl2N3O4S. The van der Waals surface area contributed by atoms with Gasteiger partial charge in [0.25, 0.3) is 10.0 Å². The number of aryl methyl sites for hydroxylation is 1. The number of hydrogen-bond donors (Lipinski definition) is 1. The van der Waals surface area contributed by atoms with Gasteiger partial charge in [-0.15, -0.1) is 0 Å². The molecule has 0 bridgehead atoms. The third kappa shape index (κ3) is 9.15. The van der Waals surface area contributed by atoms with Gasteiger partial charge in [-0.2, -0.15) is 0 Å². The summed E-state index contributed by atoms with van der Waals surface area (Å²) in [5.41, 5.74) is 2.72. The summed E-state index contributed by atoms with van der Waals surface area (Å²) < 4.78 is 29.4. The number of hydrogen-bond acceptors (Lipinski definition) is 4. The van der Waals surface area contributed by atoms with Crippen LogP contribution < -0.4 is 9.62 Å². The van der Waals surface area contributed by atoms with Crippen LogP contribution in [0.5, 0.6) is 0 Å². The van der Waals surface area contributed by atoms with Crippen molar-refractivity contribution in [3.63, 3.8) is 0 Å². The number of nitrogens with one attached hydrogen (secondary N) is 1. The second-order valence-electron chi connectivity index (χ2n) is 12.0. The second-order valence-corrected chi connectivity index (χ2v) is 14.7. The lowest BCUT2D eigenvalue weighted by Crippen LogP contribution is -2.55. The van der Waals surface area contributed by atoms with Gasteiger partial charge in [0, 0.05) is 29.1 Å². The Morgan fingerprint density at radius 1 is 0.809 bits per heavy atom. The molecule has 0 saturated heterocycles. The Hall–Kier alpha value is -3.85. The molecule has 1 aliphatic rings. The van der Waals surface area contributed by atoms with E-state index in [4.69, 9.17) is 23.2 Å². The molecule has 47 heavy (non-hydrogen) atoms. The van der Waals surface area contributed by atoms with Gasteiger partial charge in [0.1, 0.15) is 12.6 Å². The minimum atomic E-state index is -4.22. The molecule has 1 aliphatic carbocycles. The van der Waals surface area contributed by atoms with E-state index < -0.39 is 28.5 Å². The Labute approximate surface area is 287 Å². The molecule has 0 aromatic heterocycles. The minimum absolute atomic E-state index is 0.0162. The fourth-order valence-corrected chi connectivity index (χ4v) is 7.73. The molecule has 0 unspecified atom stereocenters. The highest BCUT2D eigenvalue weighted by atomic mass is 35.5. The van der Waals surface area contributed by atoms with Crippen LogP contribution in [-0.4, -0.2) is 43.8 Å². The van der Waals surface area contributed by atoms with E-state index in [-0.39, 0.29) is 35.5 Å². The molecule has 2 amide bonds. The van der Waals surface area contributed by atoms with Crippen molar-refractivity contribution in [2.24, 2.45) is 0 Å². The summed E-state index contributed by atoms with van der Waals surface area (Å²) >= 11 is 12.7. The summed E-state index contributed by atoms with van der Waals surface area (Å²) in [4.78, 5) is 30.3. The van der Waals surface area contributed by atoms with Gasteiger partial charge in [0.2, 0.25) is 11.8 Å². The summed E-state index contributed by atoms with van der Waals surface area (Å²) in [6.07, 6.45) is 5.20. The Bertz CT molecular complexity index is 1780. The van der Waals surface area contributed by atoms with Crippen molar-refractivity contribution < 1.29 is 18.0 Å². The van der Waals surface area contributed by atoms with Crippen LogP contribution in [0.15, 0.2) is 108 Å². The van der Waals surface area contributed by atoms with E-state index in [9.17, 15) is 18.0 Å². The summed E-state index contributed by atoms with van der Waals surface area (Å²) in [5, 5.41) is 4.03. The first-order valence-electron chi connectivity index (χ1n) is 15.8. The van der Waals surface area contributed by atoms with E-state index in [1.54, 1.807) is 48.5 Å². The first-order valence-corrected chi connectivity index (χ1v) is 18.0. The molecule has 0 heterocycles. The molecule has 4 aromatic rings. The van der Waals surface area contributed by atoms with Crippen LogP contribution in [-0.2, 0) is 32.6 Å². The van der Waals surface area contributed by atoms with Gasteiger partial charge in [-0.1, -0.05) is 109 Å². The smallest absolute Gasteiger partial charge is 0.264 e. The third-order valence-electron chi connectivity index (χ3n) is 8.45. The summed E-state index contributed by atoms with van der Waals surface area (Å²) in [7, 11) is -4.22. The van der Waals surface area contributed by atoms with E-state index in [0.29, 0.717) is 15.6 Å². The van der Waals surface area contributed by atoms with E-state index in [0.717, 1.165) is 47.5 Å². The first kappa shape index (κ1) is 34.5. The topological polar surface area (TPSA) is 86.8 Å².